The second-order valence-electron chi connectivity index (χ2n) is 3.11. The lowest BCUT2D eigenvalue weighted by Gasteiger charge is -2.11. The first-order valence-electron chi connectivity index (χ1n) is 4.16. The Morgan fingerprint density at radius 3 is 2.71 bits per heavy atom. The van der Waals surface area contributed by atoms with E-state index in [1.807, 2.05) is 0 Å². The van der Waals surface area contributed by atoms with Crippen LogP contribution in [-0.2, 0) is 4.79 Å². The lowest BCUT2D eigenvalue weighted by atomic mass is 10.0. The Balaban J connectivity index is 2.90. The fourth-order valence-electron chi connectivity index (χ4n) is 1.29. The van der Waals surface area contributed by atoms with Gasteiger partial charge in [-0.15, -0.1) is 0 Å². The minimum Gasteiger partial charge on any atom is -0.481 e. The molecule has 2 N–H and O–H groups in total. The molecular weight excluding hydrogens is 187 g/mol. The summed E-state index contributed by atoms with van der Waals surface area (Å²) < 4.78 is 12.7. The van der Waals surface area contributed by atoms with Crippen LogP contribution in [0.15, 0.2) is 18.2 Å². The van der Waals surface area contributed by atoms with Gasteiger partial charge in [0, 0.05) is 0 Å². The standard InChI is InChI=1S/C10H11FO3/c1-6-4-7(11)2-3-8(6)9(12)5-10(13)14/h2-4,9,12H,5H2,1H3,(H,13,14)/t9-/m0/s1. The highest BCUT2D eigenvalue weighted by molar-refractivity contribution is 5.67. The molecule has 0 aliphatic carbocycles. The summed E-state index contributed by atoms with van der Waals surface area (Å²) in [5.74, 6) is -1.48. The third kappa shape index (κ3) is 2.53. The summed E-state index contributed by atoms with van der Waals surface area (Å²) in [5, 5.41) is 17.9. The van der Waals surface area contributed by atoms with Crippen LogP contribution >= 0.6 is 0 Å². The van der Waals surface area contributed by atoms with Crippen molar-refractivity contribution in [1.29, 1.82) is 0 Å². The van der Waals surface area contributed by atoms with Crippen molar-refractivity contribution in [2.45, 2.75) is 19.4 Å². The molecule has 4 heteroatoms. The number of hydrogen-bond acceptors (Lipinski definition) is 2. The Morgan fingerprint density at radius 1 is 1.57 bits per heavy atom. The van der Waals surface area contributed by atoms with Crippen LogP contribution in [0.1, 0.15) is 23.7 Å². The summed E-state index contributed by atoms with van der Waals surface area (Å²) >= 11 is 0. The molecule has 0 bridgehead atoms. The first-order valence-corrected chi connectivity index (χ1v) is 4.16. The molecule has 0 unspecified atom stereocenters. The zero-order valence-electron chi connectivity index (χ0n) is 7.70. The molecule has 14 heavy (non-hydrogen) atoms. The fraction of sp³-hybridized carbons (Fsp3) is 0.300. The average Bonchev–Trinajstić information content (AvgIpc) is 2.01. The van der Waals surface area contributed by atoms with E-state index in [2.05, 4.69) is 0 Å². The highest BCUT2D eigenvalue weighted by Crippen LogP contribution is 2.21. The molecule has 0 radical (unpaired) electrons. The highest BCUT2D eigenvalue weighted by Gasteiger charge is 2.14. The molecule has 0 amide bonds. The van der Waals surface area contributed by atoms with Crippen LogP contribution in [0.2, 0.25) is 0 Å². The van der Waals surface area contributed by atoms with Gasteiger partial charge in [-0.05, 0) is 30.2 Å². The molecule has 3 nitrogen and oxygen atoms in total. The van der Waals surface area contributed by atoms with Crippen LogP contribution in [0.3, 0.4) is 0 Å². The zero-order chi connectivity index (χ0) is 10.7. The molecule has 1 aromatic rings. The highest BCUT2D eigenvalue weighted by atomic mass is 19.1. The van der Waals surface area contributed by atoms with Gasteiger partial charge >= 0.3 is 5.97 Å². The van der Waals surface area contributed by atoms with Gasteiger partial charge in [0.2, 0.25) is 0 Å². The Bertz CT molecular complexity index is 349. The van der Waals surface area contributed by atoms with E-state index in [0.29, 0.717) is 11.1 Å². The lowest BCUT2D eigenvalue weighted by molar-refractivity contribution is -0.139. The van der Waals surface area contributed by atoms with E-state index in [0.717, 1.165) is 0 Å². The molecule has 76 valence electrons. The van der Waals surface area contributed by atoms with Crippen LogP contribution in [0.4, 0.5) is 4.39 Å². The molecular formula is C10H11FO3. The van der Waals surface area contributed by atoms with Gasteiger partial charge < -0.3 is 10.2 Å². The van der Waals surface area contributed by atoms with Crippen LogP contribution < -0.4 is 0 Å². The lowest BCUT2D eigenvalue weighted by Crippen LogP contribution is -2.06. The Morgan fingerprint density at radius 2 is 2.21 bits per heavy atom. The normalized spacial score (nSPS) is 12.5. The Hall–Kier alpha value is -1.42. The molecule has 0 fully saturated rings. The number of hydrogen-bond donors (Lipinski definition) is 2. The molecule has 0 saturated heterocycles. The maximum Gasteiger partial charge on any atom is 0.306 e. The number of benzene rings is 1. The van der Waals surface area contributed by atoms with Crippen molar-refractivity contribution in [3.8, 4) is 0 Å². The van der Waals surface area contributed by atoms with Crippen molar-refractivity contribution in [2.75, 3.05) is 0 Å². The van der Waals surface area contributed by atoms with Crippen molar-refractivity contribution in [3.63, 3.8) is 0 Å². The Labute approximate surface area is 80.8 Å². The first kappa shape index (κ1) is 10.7. The molecule has 0 heterocycles. The summed E-state index contributed by atoms with van der Waals surface area (Å²) in [6.07, 6.45) is -1.44. The predicted molar refractivity (Wildman–Crippen MR) is 48.3 cm³/mol. The van der Waals surface area contributed by atoms with E-state index in [1.165, 1.54) is 18.2 Å². The molecule has 1 aromatic carbocycles. The van der Waals surface area contributed by atoms with Crippen molar-refractivity contribution < 1.29 is 19.4 Å². The summed E-state index contributed by atoms with van der Waals surface area (Å²) in [5.41, 5.74) is 1.01. The number of aliphatic carboxylic acids is 1. The third-order valence-corrected chi connectivity index (χ3v) is 1.96. The first-order chi connectivity index (χ1) is 6.50. The van der Waals surface area contributed by atoms with Gasteiger partial charge in [0.1, 0.15) is 5.82 Å². The van der Waals surface area contributed by atoms with Crippen molar-refractivity contribution in [2.24, 2.45) is 0 Å². The predicted octanol–water partition coefficient (Wildman–Crippen LogP) is 1.64. The maximum absolute atomic E-state index is 12.7. The summed E-state index contributed by atoms with van der Waals surface area (Å²) in [7, 11) is 0. The number of carboxylic acid groups (broad SMARTS) is 1. The van der Waals surface area contributed by atoms with Gasteiger partial charge in [0.25, 0.3) is 0 Å². The number of carboxylic acids is 1. The molecule has 0 spiro atoms. The largest absolute Gasteiger partial charge is 0.481 e. The molecule has 1 atom stereocenters. The van der Waals surface area contributed by atoms with Gasteiger partial charge in [-0.25, -0.2) is 4.39 Å². The monoisotopic (exact) mass is 198 g/mol. The second kappa shape index (κ2) is 4.19. The van der Waals surface area contributed by atoms with E-state index < -0.39 is 17.9 Å². The molecule has 0 aliphatic rings. The van der Waals surface area contributed by atoms with Crippen molar-refractivity contribution >= 4 is 5.97 Å². The van der Waals surface area contributed by atoms with E-state index in [1.54, 1.807) is 6.92 Å². The van der Waals surface area contributed by atoms with Crippen LogP contribution in [0.5, 0.6) is 0 Å². The van der Waals surface area contributed by atoms with E-state index in [9.17, 15) is 14.3 Å². The van der Waals surface area contributed by atoms with Crippen molar-refractivity contribution in [1.82, 2.24) is 0 Å². The average molecular weight is 198 g/mol. The van der Waals surface area contributed by atoms with Gasteiger partial charge in [-0.1, -0.05) is 6.07 Å². The SMILES string of the molecule is Cc1cc(F)ccc1[C@@H](O)CC(=O)O. The van der Waals surface area contributed by atoms with Gasteiger partial charge in [0.15, 0.2) is 0 Å². The van der Waals surface area contributed by atoms with E-state index in [4.69, 9.17) is 5.11 Å². The second-order valence-corrected chi connectivity index (χ2v) is 3.11. The molecule has 0 saturated carbocycles. The summed E-state index contributed by atoms with van der Waals surface area (Å²) in [6, 6.07) is 3.87. The number of rotatable bonds is 3. The van der Waals surface area contributed by atoms with Crippen LogP contribution in [0.25, 0.3) is 0 Å². The maximum atomic E-state index is 12.7. The molecule has 0 aromatic heterocycles. The van der Waals surface area contributed by atoms with Gasteiger partial charge in [0.05, 0.1) is 12.5 Å². The topological polar surface area (TPSA) is 57.5 Å². The number of aliphatic hydroxyl groups is 1. The van der Waals surface area contributed by atoms with E-state index >= 15 is 0 Å². The Kier molecular flexibility index (Phi) is 3.19. The van der Waals surface area contributed by atoms with Gasteiger partial charge in [-0.3, -0.25) is 4.79 Å². The quantitative estimate of drug-likeness (QED) is 0.776. The van der Waals surface area contributed by atoms with Crippen LogP contribution in [0, 0.1) is 12.7 Å². The number of halogens is 1. The van der Waals surface area contributed by atoms with E-state index in [-0.39, 0.29) is 6.42 Å². The summed E-state index contributed by atoms with van der Waals surface area (Å²) in [4.78, 5) is 10.3. The fourth-order valence-corrected chi connectivity index (χ4v) is 1.29. The van der Waals surface area contributed by atoms with Crippen molar-refractivity contribution in [3.05, 3.63) is 35.1 Å². The molecule has 0 aliphatic heterocycles. The number of aliphatic hydroxyl groups excluding tert-OH is 1. The number of carbonyl (C=O) groups is 1. The third-order valence-electron chi connectivity index (χ3n) is 1.96. The van der Waals surface area contributed by atoms with Gasteiger partial charge in [-0.2, -0.15) is 0 Å². The van der Waals surface area contributed by atoms with Crippen LogP contribution in [-0.4, -0.2) is 16.2 Å². The minimum atomic E-state index is -1.08. The summed E-state index contributed by atoms with van der Waals surface area (Å²) in [6.45, 7) is 1.63. The molecule has 1 rings (SSSR count). The minimum absolute atomic E-state index is 0.369. The zero-order valence-corrected chi connectivity index (χ0v) is 7.70. The smallest absolute Gasteiger partial charge is 0.306 e. The number of aryl methyl sites for hydroxylation is 1.